The molecule has 1 atom stereocenters. The molecule has 2 amide bonds. The van der Waals surface area contributed by atoms with Crippen LogP contribution < -0.4 is 16.4 Å². The minimum Gasteiger partial charge on any atom is -0.372 e. The third kappa shape index (κ3) is 4.37. The van der Waals surface area contributed by atoms with Crippen molar-refractivity contribution in [3.05, 3.63) is 28.7 Å². The summed E-state index contributed by atoms with van der Waals surface area (Å²) in [6.45, 7) is 2.34. The number of para-hydroxylation sites is 1. The number of benzene rings is 1. The first-order valence-electron chi connectivity index (χ1n) is 5.61. The van der Waals surface area contributed by atoms with E-state index < -0.39 is 11.9 Å². The summed E-state index contributed by atoms with van der Waals surface area (Å²) in [5.74, 6) is -0.766. The van der Waals surface area contributed by atoms with Gasteiger partial charge >= 0.3 is 0 Å². The van der Waals surface area contributed by atoms with E-state index >= 15 is 0 Å². The molecule has 0 fully saturated rings. The van der Waals surface area contributed by atoms with Gasteiger partial charge in [0, 0.05) is 16.7 Å². The second kappa shape index (κ2) is 7.00. The van der Waals surface area contributed by atoms with E-state index in [2.05, 4.69) is 26.6 Å². The van der Waals surface area contributed by atoms with E-state index in [1.165, 1.54) is 0 Å². The Hall–Kier alpha value is -1.56. The fraction of sp³-hybridized carbons (Fsp3) is 0.333. The number of anilines is 1. The minimum atomic E-state index is -0.727. The van der Waals surface area contributed by atoms with Crippen LogP contribution in [0.2, 0.25) is 0 Å². The van der Waals surface area contributed by atoms with Crippen molar-refractivity contribution in [2.75, 3.05) is 11.9 Å². The Kier molecular flexibility index (Phi) is 5.64. The van der Waals surface area contributed by atoms with Crippen molar-refractivity contribution in [3.8, 4) is 0 Å². The van der Waals surface area contributed by atoms with Crippen LogP contribution in [0.5, 0.6) is 0 Å². The van der Waals surface area contributed by atoms with Gasteiger partial charge in [-0.1, -0.05) is 12.1 Å². The van der Waals surface area contributed by atoms with Crippen LogP contribution in [0.3, 0.4) is 0 Å². The van der Waals surface area contributed by atoms with Crippen LogP contribution in [0, 0.1) is 0 Å². The van der Waals surface area contributed by atoms with Gasteiger partial charge in [0.05, 0.1) is 6.42 Å². The fourth-order valence-corrected chi connectivity index (χ4v) is 1.84. The number of carbonyl (C=O) groups excluding carboxylic acids is 2. The summed E-state index contributed by atoms with van der Waals surface area (Å²) in [4.78, 5) is 22.8. The molecule has 1 rings (SSSR count). The van der Waals surface area contributed by atoms with E-state index in [1.54, 1.807) is 6.07 Å². The van der Waals surface area contributed by atoms with Gasteiger partial charge in [-0.2, -0.15) is 0 Å². The molecule has 0 aromatic heterocycles. The number of amides is 2. The summed E-state index contributed by atoms with van der Waals surface area (Å²) < 4.78 is 0.812. The highest BCUT2D eigenvalue weighted by Crippen LogP contribution is 2.22. The summed E-state index contributed by atoms with van der Waals surface area (Å²) in [5.41, 5.74) is 6.01. The maximum atomic E-state index is 11.5. The quantitative estimate of drug-likeness (QED) is 0.738. The van der Waals surface area contributed by atoms with Crippen molar-refractivity contribution >= 4 is 33.4 Å². The first-order chi connectivity index (χ1) is 8.54. The lowest BCUT2D eigenvalue weighted by molar-refractivity contribution is -0.125. The second-order valence-electron chi connectivity index (χ2n) is 3.74. The highest BCUT2D eigenvalue weighted by molar-refractivity contribution is 9.10. The van der Waals surface area contributed by atoms with Crippen molar-refractivity contribution in [2.45, 2.75) is 19.4 Å². The third-order valence-electron chi connectivity index (χ3n) is 2.31. The normalized spacial score (nSPS) is 11.7. The number of hydrogen-bond donors (Lipinski definition) is 3. The van der Waals surface area contributed by atoms with Crippen LogP contribution in [-0.2, 0) is 9.59 Å². The summed E-state index contributed by atoms with van der Waals surface area (Å²) in [5, 5.41) is 5.59. The smallest absolute Gasteiger partial charge is 0.240 e. The largest absolute Gasteiger partial charge is 0.372 e. The van der Waals surface area contributed by atoms with Crippen LogP contribution in [0.15, 0.2) is 28.7 Å². The average molecular weight is 314 g/mol. The Morgan fingerprint density at radius 3 is 2.61 bits per heavy atom. The first kappa shape index (κ1) is 14.5. The molecule has 4 N–H and O–H groups in total. The zero-order valence-electron chi connectivity index (χ0n) is 10.1. The molecule has 0 radical (unpaired) electrons. The Morgan fingerprint density at radius 1 is 1.39 bits per heavy atom. The molecule has 0 bridgehead atoms. The Morgan fingerprint density at radius 2 is 2.06 bits per heavy atom. The lowest BCUT2D eigenvalue weighted by Gasteiger charge is -2.17. The number of hydrogen-bond acceptors (Lipinski definition) is 3. The van der Waals surface area contributed by atoms with Crippen molar-refractivity contribution in [1.29, 1.82) is 0 Å². The average Bonchev–Trinajstić information content (AvgIpc) is 2.31. The molecule has 98 valence electrons. The standard InChI is InChI=1S/C12H16BrN3O2/c1-2-15-11(17)7-10(12(14)18)16-9-6-4-3-5-8(9)13/h3-6,10,16H,2,7H2,1H3,(H2,14,18)(H,15,17). The fourth-order valence-electron chi connectivity index (χ4n) is 1.44. The maximum absolute atomic E-state index is 11.5. The van der Waals surface area contributed by atoms with Crippen LogP contribution in [0.1, 0.15) is 13.3 Å². The Bertz CT molecular complexity index is 437. The predicted octanol–water partition coefficient (Wildman–Crippen LogP) is 1.24. The zero-order chi connectivity index (χ0) is 13.5. The molecule has 0 saturated carbocycles. The highest BCUT2D eigenvalue weighted by atomic mass is 79.9. The van der Waals surface area contributed by atoms with Crippen LogP contribution >= 0.6 is 15.9 Å². The molecule has 0 heterocycles. The molecule has 0 saturated heterocycles. The second-order valence-corrected chi connectivity index (χ2v) is 4.59. The number of rotatable bonds is 6. The lowest BCUT2D eigenvalue weighted by atomic mass is 10.1. The zero-order valence-corrected chi connectivity index (χ0v) is 11.7. The van der Waals surface area contributed by atoms with E-state index in [1.807, 2.05) is 25.1 Å². The number of nitrogens with two attached hydrogens (primary N) is 1. The molecule has 1 aromatic rings. The van der Waals surface area contributed by atoms with Crippen molar-refractivity contribution < 1.29 is 9.59 Å². The molecule has 0 aliphatic carbocycles. The molecule has 18 heavy (non-hydrogen) atoms. The molecule has 1 aromatic carbocycles. The lowest BCUT2D eigenvalue weighted by Crippen LogP contribution is -2.40. The monoisotopic (exact) mass is 313 g/mol. The van der Waals surface area contributed by atoms with Crippen LogP contribution in [-0.4, -0.2) is 24.4 Å². The number of nitrogens with one attached hydrogen (secondary N) is 2. The van der Waals surface area contributed by atoms with Crippen molar-refractivity contribution in [1.82, 2.24) is 5.32 Å². The highest BCUT2D eigenvalue weighted by Gasteiger charge is 2.19. The molecule has 0 aliphatic heterocycles. The molecule has 0 spiro atoms. The first-order valence-corrected chi connectivity index (χ1v) is 6.41. The van der Waals surface area contributed by atoms with E-state index in [9.17, 15) is 9.59 Å². The Balaban J connectivity index is 2.72. The van der Waals surface area contributed by atoms with Crippen LogP contribution in [0.25, 0.3) is 0 Å². The van der Waals surface area contributed by atoms with Gasteiger partial charge in [-0.15, -0.1) is 0 Å². The summed E-state index contributed by atoms with van der Waals surface area (Å²) in [6, 6.07) is 6.61. The summed E-state index contributed by atoms with van der Waals surface area (Å²) in [7, 11) is 0. The Labute approximate surface area is 114 Å². The van der Waals surface area contributed by atoms with Gasteiger partial charge in [-0.3, -0.25) is 9.59 Å². The van der Waals surface area contributed by atoms with Crippen molar-refractivity contribution in [3.63, 3.8) is 0 Å². The SMILES string of the molecule is CCNC(=O)CC(Nc1ccccc1Br)C(N)=O. The van der Waals surface area contributed by atoms with E-state index in [0.29, 0.717) is 6.54 Å². The van der Waals surface area contributed by atoms with Gasteiger partial charge in [0.25, 0.3) is 0 Å². The summed E-state index contributed by atoms with van der Waals surface area (Å²) >= 11 is 3.36. The van der Waals surface area contributed by atoms with Crippen molar-refractivity contribution in [2.24, 2.45) is 5.73 Å². The number of halogens is 1. The molecular weight excluding hydrogens is 298 g/mol. The van der Waals surface area contributed by atoms with Gasteiger partial charge in [-0.05, 0) is 35.0 Å². The molecular formula is C12H16BrN3O2. The van der Waals surface area contributed by atoms with E-state index in [4.69, 9.17) is 5.73 Å². The molecule has 1 unspecified atom stereocenters. The van der Waals surface area contributed by atoms with Gasteiger partial charge < -0.3 is 16.4 Å². The van der Waals surface area contributed by atoms with Crippen LogP contribution in [0.4, 0.5) is 5.69 Å². The minimum absolute atomic E-state index is 0.0184. The number of primary amides is 1. The summed E-state index contributed by atoms with van der Waals surface area (Å²) in [6.07, 6.45) is 0.0184. The van der Waals surface area contributed by atoms with Gasteiger partial charge in [0.2, 0.25) is 11.8 Å². The molecule has 5 nitrogen and oxygen atoms in total. The topological polar surface area (TPSA) is 84.2 Å². The predicted molar refractivity (Wildman–Crippen MR) is 74.0 cm³/mol. The third-order valence-corrected chi connectivity index (χ3v) is 3.00. The van der Waals surface area contributed by atoms with E-state index in [0.717, 1.165) is 10.2 Å². The number of carbonyl (C=O) groups is 2. The van der Waals surface area contributed by atoms with Gasteiger partial charge in [0.15, 0.2) is 0 Å². The molecule has 0 aliphatic rings. The van der Waals surface area contributed by atoms with Gasteiger partial charge in [-0.25, -0.2) is 0 Å². The van der Waals surface area contributed by atoms with Gasteiger partial charge in [0.1, 0.15) is 6.04 Å². The maximum Gasteiger partial charge on any atom is 0.240 e. The molecule has 6 heteroatoms. The van der Waals surface area contributed by atoms with E-state index in [-0.39, 0.29) is 12.3 Å².